The molecule has 3 N–H and O–H groups in total. The lowest BCUT2D eigenvalue weighted by molar-refractivity contribution is 0.0642. The van der Waals surface area contributed by atoms with Gasteiger partial charge in [-0.2, -0.15) is 0 Å². The van der Waals surface area contributed by atoms with Crippen LogP contribution in [0.3, 0.4) is 0 Å². The molecule has 6 heteroatoms. The van der Waals surface area contributed by atoms with Crippen LogP contribution in [0.4, 0.5) is 10.2 Å². The summed E-state index contributed by atoms with van der Waals surface area (Å²) in [5, 5.41) is 2.88. The number of nitrogen functional groups attached to an aromatic ring is 1. The molecule has 1 saturated heterocycles. The van der Waals surface area contributed by atoms with Gasteiger partial charge in [-0.05, 0) is 49.1 Å². The van der Waals surface area contributed by atoms with Crippen LogP contribution in [0, 0.1) is 11.7 Å². The minimum atomic E-state index is -0.479. The summed E-state index contributed by atoms with van der Waals surface area (Å²) in [6.45, 7) is 2.03. The molecule has 0 aliphatic carbocycles. The molecule has 3 rings (SSSR count). The maximum Gasteiger partial charge on any atom is 0.251 e. The lowest BCUT2D eigenvalue weighted by Gasteiger charge is -2.22. The van der Waals surface area contributed by atoms with Crippen molar-refractivity contribution in [3.05, 3.63) is 47.8 Å². The molecule has 1 aromatic heterocycles. The maximum atomic E-state index is 13.9. The Bertz CT molecular complexity index is 730. The van der Waals surface area contributed by atoms with Gasteiger partial charge in [0.2, 0.25) is 0 Å². The normalized spacial score (nSPS) is 15.2. The van der Waals surface area contributed by atoms with Crippen molar-refractivity contribution in [2.75, 3.05) is 25.5 Å². The van der Waals surface area contributed by atoms with E-state index >= 15 is 0 Å². The van der Waals surface area contributed by atoms with Gasteiger partial charge in [0, 0.05) is 30.9 Å². The van der Waals surface area contributed by atoms with E-state index in [4.69, 9.17) is 10.5 Å². The average molecular weight is 329 g/mol. The van der Waals surface area contributed by atoms with Crippen LogP contribution in [0.1, 0.15) is 23.2 Å². The number of amides is 1. The van der Waals surface area contributed by atoms with Gasteiger partial charge >= 0.3 is 0 Å². The van der Waals surface area contributed by atoms with E-state index < -0.39 is 5.82 Å². The molecule has 0 bridgehead atoms. The minimum absolute atomic E-state index is 0.279. The largest absolute Gasteiger partial charge is 0.384 e. The summed E-state index contributed by atoms with van der Waals surface area (Å²) in [5.74, 6) is -0.00677. The van der Waals surface area contributed by atoms with E-state index in [0.717, 1.165) is 26.1 Å². The fourth-order valence-corrected chi connectivity index (χ4v) is 2.77. The fourth-order valence-electron chi connectivity index (χ4n) is 2.77. The second-order valence-electron chi connectivity index (χ2n) is 5.94. The molecule has 2 heterocycles. The maximum absolute atomic E-state index is 13.9. The first kappa shape index (κ1) is 16.4. The Labute approximate surface area is 140 Å². The number of hydrogen-bond donors (Lipinski definition) is 2. The SMILES string of the molecule is Nc1cccc(-c2cc(F)cc(C(=O)NCC3CCOCC3)c2)n1. The first-order valence-corrected chi connectivity index (χ1v) is 8.01. The van der Waals surface area contributed by atoms with Gasteiger partial charge in [0.25, 0.3) is 5.91 Å². The summed E-state index contributed by atoms with van der Waals surface area (Å²) in [5.41, 5.74) is 7.01. The van der Waals surface area contributed by atoms with Gasteiger partial charge in [0.05, 0.1) is 5.69 Å². The molecule has 1 aliphatic heterocycles. The second-order valence-corrected chi connectivity index (χ2v) is 5.94. The summed E-state index contributed by atoms with van der Waals surface area (Å²) in [7, 11) is 0. The van der Waals surface area contributed by atoms with Crippen molar-refractivity contribution >= 4 is 11.7 Å². The van der Waals surface area contributed by atoms with E-state index in [9.17, 15) is 9.18 Å². The highest BCUT2D eigenvalue weighted by Gasteiger charge is 2.16. The number of carbonyl (C=O) groups is 1. The van der Waals surface area contributed by atoms with Crippen molar-refractivity contribution in [3.8, 4) is 11.3 Å². The van der Waals surface area contributed by atoms with E-state index in [0.29, 0.717) is 29.5 Å². The Morgan fingerprint density at radius 2 is 2.08 bits per heavy atom. The van der Waals surface area contributed by atoms with Gasteiger partial charge in [-0.3, -0.25) is 4.79 Å². The van der Waals surface area contributed by atoms with Gasteiger partial charge in [-0.25, -0.2) is 9.37 Å². The van der Waals surface area contributed by atoms with Crippen molar-refractivity contribution in [3.63, 3.8) is 0 Å². The summed E-state index contributed by atoms with van der Waals surface area (Å²) < 4.78 is 19.2. The molecular formula is C18H20FN3O2. The molecule has 0 unspecified atom stereocenters. The number of nitrogens with two attached hydrogens (primary N) is 1. The molecule has 1 aliphatic rings. The first-order valence-electron chi connectivity index (χ1n) is 8.01. The highest BCUT2D eigenvalue weighted by Crippen LogP contribution is 2.21. The van der Waals surface area contributed by atoms with Crippen molar-refractivity contribution in [1.82, 2.24) is 10.3 Å². The van der Waals surface area contributed by atoms with E-state index in [1.54, 1.807) is 24.3 Å². The summed E-state index contributed by atoms with van der Waals surface area (Å²) in [6, 6.07) is 9.34. The predicted octanol–water partition coefficient (Wildman–Crippen LogP) is 2.63. The van der Waals surface area contributed by atoms with Gasteiger partial charge in [0.15, 0.2) is 0 Å². The molecule has 2 aromatic rings. The fraction of sp³-hybridized carbons (Fsp3) is 0.333. The van der Waals surface area contributed by atoms with E-state index in [1.165, 1.54) is 12.1 Å². The third-order valence-electron chi connectivity index (χ3n) is 4.12. The van der Waals surface area contributed by atoms with Crippen molar-refractivity contribution < 1.29 is 13.9 Å². The van der Waals surface area contributed by atoms with Crippen molar-refractivity contribution in [1.29, 1.82) is 0 Å². The molecule has 24 heavy (non-hydrogen) atoms. The van der Waals surface area contributed by atoms with Crippen LogP contribution in [-0.4, -0.2) is 30.6 Å². The number of halogens is 1. The Morgan fingerprint density at radius 3 is 2.83 bits per heavy atom. The van der Waals surface area contributed by atoms with E-state index in [1.807, 2.05) is 0 Å². The van der Waals surface area contributed by atoms with E-state index in [2.05, 4.69) is 10.3 Å². The summed E-state index contributed by atoms with van der Waals surface area (Å²) in [6.07, 6.45) is 1.86. The number of hydrogen-bond acceptors (Lipinski definition) is 4. The Kier molecular flexibility index (Phi) is 5.05. The van der Waals surface area contributed by atoms with Gasteiger partial charge < -0.3 is 15.8 Å². The zero-order valence-corrected chi connectivity index (χ0v) is 13.3. The van der Waals surface area contributed by atoms with Crippen LogP contribution in [0.15, 0.2) is 36.4 Å². The lowest BCUT2D eigenvalue weighted by atomic mass is 10.00. The Morgan fingerprint density at radius 1 is 1.29 bits per heavy atom. The highest BCUT2D eigenvalue weighted by molar-refractivity contribution is 5.95. The predicted molar refractivity (Wildman–Crippen MR) is 89.9 cm³/mol. The summed E-state index contributed by atoms with van der Waals surface area (Å²) >= 11 is 0. The van der Waals surface area contributed by atoms with E-state index in [-0.39, 0.29) is 11.5 Å². The number of rotatable bonds is 4. The quantitative estimate of drug-likeness (QED) is 0.904. The zero-order valence-electron chi connectivity index (χ0n) is 13.3. The number of pyridine rings is 1. The molecule has 0 radical (unpaired) electrons. The van der Waals surface area contributed by atoms with Crippen molar-refractivity contribution in [2.45, 2.75) is 12.8 Å². The van der Waals surface area contributed by atoms with Gasteiger partial charge in [-0.1, -0.05) is 6.07 Å². The van der Waals surface area contributed by atoms with Crippen LogP contribution >= 0.6 is 0 Å². The molecule has 126 valence electrons. The standard InChI is InChI=1S/C18H20FN3O2/c19-15-9-13(16-2-1-3-17(20)22-16)8-14(10-15)18(23)21-11-12-4-6-24-7-5-12/h1-3,8-10,12H,4-7,11H2,(H2,20,22)(H,21,23). The number of ether oxygens (including phenoxy) is 1. The number of nitrogens with zero attached hydrogens (tertiary/aromatic N) is 1. The monoisotopic (exact) mass is 329 g/mol. The molecule has 1 amide bonds. The second kappa shape index (κ2) is 7.40. The molecule has 0 spiro atoms. The average Bonchev–Trinajstić information content (AvgIpc) is 2.60. The van der Waals surface area contributed by atoms with Crippen LogP contribution in [-0.2, 0) is 4.74 Å². The molecule has 0 atom stereocenters. The molecule has 1 fully saturated rings. The minimum Gasteiger partial charge on any atom is -0.384 e. The first-order chi connectivity index (χ1) is 11.6. The molecule has 1 aromatic carbocycles. The van der Waals surface area contributed by atoms with Gasteiger partial charge in [0.1, 0.15) is 11.6 Å². The molecule has 0 saturated carbocycles. The van der Waals surface area contributed by atoms with Crippen LogP contribution in [0.25, 0.3) is 11.3 Å². The third kappa shape index (κ3) is 4.08. The van der Waals surface area contributed by atoms with Crippen LogP contribution in [0.5, 0.6) is 0 Å². The van der Waals surface area contributed by atoms with Crippen LogP contribution in [0.2, 0.25) is 0 Å². The number of benzene rings is 1. The number of carbonyl (C=O) groups excluding carboxylic acids is 1. The zero-order chi connectivity index (χ0) is 16.9. The third-order valence-corrected chi connectivity index (χ3v) is 4.12. The van der Waals surface area contributed by atoms with Crippen LogP contribution < -0.4 is 11.1 Å². The number of nitrogens with one attached hydrogen (secondary N) is 1. The Hall–Kier alpha value is -2.47. The number of aromatic nitrogens is 1. The van der Waals surface area contributed by atoms with Gasteiger partial charge in [-0.15, -0.1) is 0 Å². The highest BCUT2D eigenvalue weighted by atomic mass is 19.1. The smallest absolute Gasteiger partial charge is 0.251 e. The van der Waals surface area contributed by atoms with Crippen molar-refractivity contribution in [2.24, 2.45) is 5.92 Å². The molecular weight excluding hydrogens is 309 g/mol. The number of anilines is 1. The lowest BCUT2D eigenvalue weighted by Crippen LogP contribution is -2.32. The summed E-state index contributed by atoms with van der Waals surface area (Å²) in [4.78, 5) is 16.5. The topological polar surface area (TPSA) is 77.2 Å². The Balaban J connectivity index is 1.74. The molecule has 5 nitrogen and oxygen atoms in total.